The SMILES string of the molecule is CCCCCCc1cc(-c2ccc(C)cc2C)c(CCCCCC)cc1-c1ccc(C)cc1C. The fourth-order valence-corrected chi connectivity index (χ4v) is 5.32. The van der Waals surface area contributed by atoms with Crippen LogP contribution in [-0.4, -0.2) is 0 Å². The number of hydrogen-bond acceptors (Lipinski definition) is 0. The van der Waals surface area contributed by atoms with E-state index in [4.69, 9.17) is 0 Å². The molecule has 0 aliphatic heterocycles. The first-order valence-corrected chi connectivity index (χ1v) is 13.8. The average molecular weight is 455 g/mol. The van der Waals surface area contributed by atoms with E-state index < -0.39 is 0 Å². The smallest absolute Gasteiger partial charge is 0.0146 e. The van der Waals surface area contributed by atoms with E-state index in [9.17, 15) is 0 Å². The Morgan fingerprint density at radius 2 is 0.853 bits per heavy atom. The lowest BCUT2D eigenvalue weighted by Crippen LogP contribution is -2.00. The lowest BCUT2D eigenvalue weighted by atomic mass is 9.84. The summed E-state index contributed by atoms with van der Waals surface area (Å²) in [6.07, 6.45) is 12.7. The molecule has 0 N–H and O–H groups in total. The Morgan fingerprint density at radius 3 is 1.21 bits per heavy atom. The molecule has 0 radical (unpaired) electrons. The van der Waals surface area contributed by atoms with Gasteiger partial charge in [0.15, 0.2) is 0 Å². The van der Waals surface area contributed by atoms with Crippen molar-refractivity contribution in [2.24, 2.45) is 0 Å². The molecule has 0 spiro atoms. The molecule has 0 nitrogen and oxygen atoms in total. The van der Waals surface area contributed by atoms with Crippen LogP contribution in [0.4, 0.5) is 0 Å². The van der Waals surface area contributed by atoms with Gasteiger partial charge in [-0.15, -0.1) is 0 Å². The van der Waals surface area contributed by atoms with Crippen molar-refractivity contribution in [3.05, 3.63) is 81.9 Å². The summed E-state index contributed by atoms with van der Waals surface area (Å²) in [5, 5.41) is 0. The zero-order valence-electron chi connectivity index (χ0n) is 22.7. The van der Waals surface area contributed by atoms with Gasteiger partial charge in [0.1, 0.15) is 0 Å². The molecule has 0 fully saturated rings. The molecule has 3 aromatic carbocycles. The van der Waals surface area contributed by atoms with Crippen molar-refractivity contribution in [2.75, 3.05) is 0 Å². The molecule has 0 atom stereocenters. The van der Waals surface area contributed by atoms with Crippen molar-refractivity contribution in [2.45, 2.75) is 106 Å². The summed E-state index contributed by atoms with van der Waals surface area (Å²) in [7, 11) is 0. The highest BCUT2D eigenvalue weighted by molar-refractivity contribution is 5.79. The molecule has 0 heteroatoms. The number of unbranched alkanes of at least 4 members (excludes halogenated alkanes) is 6. The summed E-state index contributed by atoms with van der Waals surface area (Å²) in [6, 6.07) is 19.1. The molecular weight excluding hydrogens is 408 g/mol. The summed E-state index contributed by atoms with van der Waals surface area (Å²) in [4.78, 5) is 0. The molecule has 0 saturated heterocycles. The first-order valence-electron chi connectivity index (χ1n) is 13.8. The third-order valence-electron chi connectivity index (χ3n) is 7.27. The average Bonchev–Trinajstić information content (AvgIpc) is 2.80. The predicted octanol–water partition coefficient (Wildman–Crippen LogP) is 10.5. The molecule has 0 heterocycles. The molecule has 34 heavy (non-hydrogen) atoms. The zero-order valence-corrected chi connectivity index (χ0v) is 22.7. The molecule has 0 amide bonds. The molecule has 182 valence electrons. The van der Waals surface area contributed by atoms with Crippen LogP contribution in [0, 0.1) is 27.7 Å². The largest absolute Gasteiger partial charge is 0.0654 e. The minimum Gasteiger partial charge on any atom is -0.0654 e. The topological polar surface area (TPSA) is 0 Å². The predicted molar refractivity (Wildman–Crippen MR) is 152 cm³/mol. The van der Waals surface area contributed by atoms with Gasteiger partial charge in [-0.2, -0.15) is 0 Å². The molecule has 0 aliphatic rings. The van der Waals surface area contributed by atoms with Gasteiger partial charge in [0.2, 0.25) is 0 Å². The first kappa shape index (κ1) is 26.3. The maximum atomic E-state index is 2.56. The molecular formula is C34H46. The number of benzene rings is 3. The van der Waals surface area contributed by atoms with Gasteiger partial charge < -0.3 is 0 Å². The van der Waals surface area contributed by atoms with Gasteiger partial charge in [-0.25, -0.2) is 0 Å². The second kappa shape index (κ2) is 12.9. The van der Waals surface area contributed by atoms with E-state index in [1.165, 1.54) is 107 Å². The van der Waals surface area contributed by atoms with Gasteiger partial charge in [0.05, 0.1) is 0 Å². The van der Waals surface area contributed by atoms with Crippen LogP contribution in [-0.2, 0) is 12.8 Å². The number of hydrogen-bond donors (Lipinski definition) is 0. The summed E-state index contributed by atoms with van der Waals surface area (Å²) in [5.41, 5.74) is 14.3. The monoisotopic (exact) mass is 454 g/mol. The molecule has 0 unspecified atom stereocenters. The highest BCUT2D eigenvalue weighted by Crippen LogP contribution is 2.37. The second-order valence-electron chi connectivity index (χ2n) is 10.4. The van der Waals surface area contributed by atoms with E-state index in [0.717, 1.165) is 12.8 Å². The zero-order chi connectivity index (χ0) is 24.5. The van der Waals surface area contributed by atoms with Gasteiger partial charge in [-0.05, 0) is 97.9 Å². The van der Waals surface area contributed by atoms with Crippen molar-refractivity contribution < 1.29 is 0 Å². The minimum absolute atomic E-state index is 1.16. The van der Waals surface area contributed by atoms with Crippen molar-refractivity contribution in [3.63, 3.8) is 0 Å². The maximum Gasteiger partial charge on any atom is -0.0146 e. The van der Waals surface area contributed by atoms with Crippen LogP contribution in [0.5, 0.6) is 0 Å². The van der Waals surface area contributed by atoms with Crippen molar-refractivity contribution in [1.29, 1.82) is 0 Å². The van der Waals surface area contributed by atoms with E-state index in [-0.39, 0.29) is 0 Å². The van der Waals surface area contributed by atoms with Gasteiger partial charge in [0, 0.05) is 0 Å². The summed E-state index contributed by atoms with van der Waals surface area (Å²) < 4.78 is 0. The van der Waals surface area contributed by atoms with Gasteiger partial charge in [-0.1, -0.05) is 112 Å². The Bertz CT molecular complexity index is 982. The molecule has 0 aromatic heterocycles. The highest BCUT2D eigenvalue weighted by Gasteiger charge is 2.16. The standard InChI is InChI=1S/C34H46/c1-7-9-11-13-15-29-23-34(32-20-18-26(4)22-28(32)6)30(16-14-12-10-8-2)24-33(29)31-19-17-25(3)21-27(31)5/h17-24H,7-16H2,1-6H3. The van der Waals surface area contributed by atoms with Gasteiger partial charge >= 0.3 is 0 Å². The van der Waals surface area contributed by atoms with Crippen molar-refractivity contribution in [3.8, 4) is 22.3 Å². The van der Waals surface area contributed by atoms with Crippen LogP contribution in [0.3, 0.4) is 0 Å². The second-order valence-corrected chi connectivity index (χ2v) is 10.4. The fourth-order valence-electron chi connectivity index (χ4n) is 5.32. The molecule has 0 bridgehead atoms. The highest BCUT2D eigenvalue weighted by atomic mass is 14.2. The van der Waals surface area contributed by atoms with Crippen LogP contribution >= 0.6 is 0 Å². The van der Waals surface area contributed by atoms with E-state index in [2.05, 4.69) is 90.1 Å². The van der Waals surface area contributed by atoms with E-state index >= 15 is 0 Å². The van der Waals surface area contributed by atoms with Crippen LogP contribution in [0.2, 0.25) is 0 Å². The van der Waals surface area contributed by atoms with E-state index in [1.807, 2.05) is 0 Å². The molecule has 3 aromatic rings. The first-order chi connectivity index (χ1) is 16.4. The van der Waals surface area contributed by atoms with Crippen molar-refractivity contribution >= 4 is 0 Å². The number of aryl methyl sites for hydroxylation is 6. The Kier molecular flexibility index (Phi) is 10.00. The van der Waals surface area contributed by atoms with Gasteiger partial charge in [-0.3, -0.25) is 0 Å². The molecule has 0 aliphatic carbocycles. The summed E-state index contributed by atoms with van der Waals surface area (Å²) in [5.74, 6) is 0. The molecule has 3 rings (SSSR count). The Morgan fingerprint density at radius 1 is 0.441 bits per heavy atom. The lowest BCUT2D eigenvalue weighted by Gasteiger charge is -2.20. The van der Waals surface area contributed by atoms with Crippen LogP contribution in [0.25, 0.3) is 22.3 Å². The number of rotatable bonds is 12. The lowest BCUT2D eigenvalue weighted by molar-refractivity contribution is 0.664. The fraction of sp³-hybridized carbons (Fsp3) is 0.471. The summed E-state index contributed by atoms with van der Waals surface area (Å²) >= 11 is 0. The Labute approximate surface area is 209 Å². The minimum atomic E-state index is 1.16. The Hall–Kier alpha value is -2.34. The maximum absolute atomic E-state index is 2.56. The van der Waals surface area contributed by atoms with Gasteiger partial charge in [0.25, 0.3) is 0 Å². The van der Waals surface area contributed by atoms with E-state index in [1.54, 1.807) is 0 Å². The van der Waals surface area contributed by atoms with Crippen LogP contribution in [0.15, 0.2) is 48.5 Å². The third-order valence-corrected chi connectivity index (χ3v) is 7.27. The van der Waals surface area contributed by atoms with Crippen molar-refractivity contribution in [1.82, 2.24) is 0 Å². The molecule has 0 saturated carbocycles. The quantitative estimate of drug-likeness (QED) is 0.239. The van der Waals surface area contributed by atoms with Crippen LogP contribution in [0.1, 0.15) is 98.6 Å². The summed E-state index contributed by atoms with van der Waals surface area (Å²) in [6.45, 7) is 13.6. The van der Waals surface area contributed by atoms with Crippen LogP contribution < -0.4 is 0 Å². The Balaban J connectivity index is 2.13. The third kappa shape index (κ3) is 6.84. The van der Waals surface area contributed by atoms with E-state index in [0.29, 0.717) is 0 Å². The normalized spacial score (nSPS) is 11.2.